The summed E-state index contributed by atoms with van der Waals surface area (Å²) < 4.78 is 0. The van der Waals surface area contributed by atoms with Gasteiger partial charge in [0.15, 0.2) is 6.29 Å². The van der Waals surface area contributed by atoms with E-state index in [1.807, 2.05) is 30.3 Å². The van der Waals surface area contributed by atoms with Crippen LogP contribution in [0.2, 0.25) is 0 Å². The third kappa shape index (κ3) is 1.31. The Morgan fingerprint density at radius 2 is 2.00 bits per heavy atom. The molecule has 0 radical (unpaired) electrons. The lowest BCUT2D eigenvalue weighted by Crippen LogP contribution is -2.40. The number of para-hydroxylation sites is 1. The summed E-state index contributed by atoms with van der Waals surface area (Å²) in [7, 11) is 0. The van der Waals surface area contributed by atoms with Crippen molar-refractivity contribution < 1.29 is 4.79 Å². The predicted octanol–water partition coefficient (Wildman–Crippen LogP) is 0.346. The normalized spacial score (nSPS) is 21.2. The van der Waals surface area contributed by atoms with Crippen LogP contribution in [0, 0.1) is 0 Å². The minimum Gasteiger partial charge on any atom is -0.292 e. The largest absolute Gasteiger partial charge is 0.292 e. The number of hydrogen-bond acceptors (Lipinski definition) is 3. The summed E-state index contributed by atoms with van der Waals surface area (Å²) >= 11 is 0. The van der Waals surface area contributed by atoms with Crippen molar-refractivity contribution in [3.63, 3.8) is 0 Å². The molecule has 1 unspecified atom stereocenters. The van der Waals surface area contributed by atoms with Crippen LogP contribution in [0.15, 0.2) is 35.3 Å². The number of anilines is 1. The number of aliphatic imine (C=N–C) groups is 1. The predicted molar refractivity (Wildman–Crippen MR) is 50.4 cm³/mol. The molecule has 1 aromatic rings. The number of carbonyl (C=O) groups is 1. The number of nitrogens with zero attached hydrogens (tertiary/aromatic N) is 2. The fraction of sp³-hybridized carbons (Fsp3) is 0.111. The molecule has 1 amide bonds. The number of carbonyl (C=O) groups excluding carboxylic acids is 1. The van der Waals surface area contributed by atoms with Gasteiger partial charge in [0, 0.05) is 5.69 Å². The molecule has 4 heteroatoms. The van der Waals surface area contributed by atoms with Crippen LogP contribution in [0.1, 0.15) is 0 Å². The van der Waals surface area contributed by atoms with Crippen LogP contribution in [0.5, 0.6) is 0 Å². The third-order valence-electron chi connectivity index (χ3n) is 1.87. The molecule has 1 heterocycles. The van der Waals surface area contributed by atoms with Gasteiger partial charge in [-0.2, -0.15) is 0 Å². The molecule has 0 bridgehead atoms. The first-order chi connectivity index (χ1) is 6.29. The maximum Gasteiger partial charge on any atom is 0.271 e. The molecule has 66 valence electrons. The average molecular weight is 175 g/mol. The summed E-state index contributed by atoms with van der Waals surface area (Å²) in [5, 5.41) is 0. The first-order valence-corrected chi connectivity index (χ1v) is 3.96. The molecule has 0 saturated heterocycles. The molecular weight excluding hydrogens is 166 g/mol. The van der Waals surface area contributed by atoms with Gasteiger partial charge in [-0.1, -0.05) is 18.2 Å². The molecule has 2 N–H and O–H groups in total. The molecule has 0 aromatic heterocycles. The van der Waals surface area contributed by atoms with E-state index in [-0.39, 0.29) is 5.91 Å². The molecule has 1 aliphatic rings. The van der Waals surface area contributed by atoms with Crippen molar-refractivity contribution in [3.8, 4) is 0 Å². The van der Waals surface area contributed by atoms with Crippen LogP contribution >= 0.6 is 0 Å². The van der Waals surface area contributed by atoms with Crippen molar-refractivity contribution >= 4 is 17.8 Å². The van der Waals surface area contributed by atoms with Crippen LogP contribution in [0.3, 0.4) is 0 Å². The second-order valence-corrected chi connectivity index (χ2v) is 2.74. The van der Waals surface area contributed by atoms with E-state index in [9.17, 15) is 4.79 Å². The molecule has 13 heavy (non-hydrogen) atoms. The van der Waals surface area contributed by atoms with Gasteiger partial charge in [-0.3, -0.25) is 15.4 Å². The lowest BCUT2D eigenvalue weighted by molar-refractivity contribution is -0.111. The topological polar surface area (TPSA) is 58.7 Å². The zero-order chi connectivity index (χ0) is 9.26. The van der Waals surface area contributed by atoms with Gasteiger partial charge >= 0.3 is 0 Å². The molecule has 2 rings (SSSR count). The maximum absolute atomic E-state index is 11.3. The lowest BCUT2D eigenvalue weighted by Gasteiger charge is -2.19. The van der Waals surface area contributed by atoms with Gasteiger partial charge in [0.25, 0.3) is 5.91 Å². The quantitative estimate of drug-likeness (QED) is 0.669. The van der Waals surface area contributed by atoms with E-state index in [0.29, 0.717) is 0 Å². The summed E-state index contributed by atoms with van der Waals surface area (Å²) in [5.41, 5.74) is 6.38. The fourth-order valence-electron chi connectivity index (χ4n) is 1.27. The Kier molecular flexibility index (Phi) is 1.83. The number of hydrogen-bond donors (Lipinski definition) is 1. The highest BCUT2D eigenvalue weighted by molar-refractivity contribution is 6.34. The SMILES string of the molecule is NC1N=CC(=O)N1c1ccccc1. The second-order valence-electron chi connectivity index (χ2n) is 2.74. The Balaban J connectivity index is 2.33. The van der Waals surface area contributed by atoms with Crippen LogP contribution in [0.4, 0.5) is 5.69 Å². The molecule has 1 aliphatic heterocycles. The second kappa shape index (κ2) is 2.99. The van der Waals surface area contributed by atoms with E-state index in [0.717, 1.165) is 5.69 Å². The Labute approximate surface area is 75.7 Å². The third-order valence-corrected chi connectivity index (χ3v) is 1.87. The summed E-state index contributed by atoms with van der Waals surface area (Å²) in [5.74, 6) is -0.168. The van der Waals surface area contributed by atoms with Crippen LogP contribution in [-0.2, 0) is 4.79 Å². The molecule has 4 nitrogen and oxygen atoms in total. The van der Waals surface area contributed by atoms with Crippen molar-refractivity contribution in [2.24, 2.45) is 10.7 Å². The first kappa shape index (κ1) is 7.94. The summed E-state index contributed by atoms with van der Waals surface area (Å²) in [6.45, 7) is 0. The van der Waals surface area contributed by atoms with E-state index in [1.165, 1.54) is 11.1 Å². The summed E-state index contributed by atoms with van der Waals surface area (Å²) in [6, 6.07) is 9.25. The minimum absolute atomic E-state index is 0.168. The maximum atomic E-state index is 11.3. The number of rotatable bonds is 1. The molecule has 0 spiro atoms. The Hall–Kier alpha value is -1.68. The van der Waals surface area contributed by atoms with Crippen molar-refractivity contribution in [1.29, 1.82) is 0 Å². The van der Waals surface area contributed by atoms with Gasteiger partial charge in [-0.25, -0.2) is 4.99 Å². The first-order valence-electron chi connectivity index (χ1n) is 3.96. The highest BCUT2D eigenvalue weighted by atomic mass is 16.2. The van der Waals surface area contributed by atoms with Gasteiger partial charge in [-0.05, 0) is 12.1 Å². The zero-order valence-corrected chi connectivity index (χ0v) is 6.92. The molecule has 1 atom stereocenters. The van der Waals surface area contributed by atoms with Crippen molar-refractivity contribution in [2.45, 2.75) is 6.29 Å². The number of amides is 1. The van der Waals surface area contributed by atoms with Gasteiger partial charge in [0.2, 0.25) is 0 Å². The monoisotopic (exact) mass is 175 g/mol. The number of nitrogens with two attached hydrogens (primary N) is 1. The highest BCUT2D eigenvalue weighted by Crippen LogP contribution is 2.17. The lowest BCUT2D eigenvalue weighted by atomic mass is 10.3. The van der Waals surface area contributed by atoms with Crippen molar-refractivity contribution in [1.82, 2.24) is 0 Å². The smallest absolute Gasteiger partial charge is 0.271 e. The minimum atomic E-state index is -0.574. The standard InChI is InChI=1S/C9H9N3O/c10-9-11-6-8(13)12(9)7-4-2-1-3-5-7/h1-6,9H,10H2. The van der Waals surface area contributed by atoms with Gasteiger partial charge in [0.05, 0.1) is 6.21 Å². The summed E-state index contributed by atoms with van der Waals surface area (Å²) in [4.78, 5) is 16.5. The van der Waals surface area contributed by atoms with Crippen LogP contribution in [0.25, 0.3) is 0 Å². The van der Waals surface area contributed by atoms with Crippen LogP contribution < -0.4 is 10.6 Å². The van der Waals surface area contributed by atoms with E-state index < -0.39 is 6.29 Å². The molecule has 1 aromatic carbocycles. The van der Waals surface area contributed by atoms with Gasteiger partial charge in [0.1, 0.15) is 0 Å². The van der Waals surface area contributed by atoms with Gasteiger partial charge in [-0.15, -0.1) is 0 Å². The summed E-state index contributed by atoms with van der Waals surface area (Å²) in [6.07, 6.45) is 0.674. The molecule has 0 aliphatic carbocycles. The number of benzene rings is 1. The fourth-order valence-corrected chi connectivity index (χ4v) is 1.27. The average Bonchev–Trinajstić information content (AvgIpc) is 2.48. The van der Waals surface area contributed by atoms with Gasteiger partial charge < -0.3 is 0 Å². The zero-order valence-electron chi connectivity index (χ0n) is 6.92. The van der Waals surface area contributed by atoms with E-state index in [2.05, 4.69) is 4.99 Å². The molecule has 0 saturated carbocycles. The van der Waals surface area contributed by atoms with Crippen molar-refractivity contribution in [2.75, 3.05) is 4.90 Å². The molecule has 0 fully saturated rings. The van der Waals surface area contributed by atoms with Crippen LogP contribution in [-0.4, -0.2) is 18.4 Å². The van der Waals surface area contributed by atoms with E-state index in [1.54, 1.807) is 0 Å². The highest BCUT2D eigenvalue weighted by Gasteiger charge is 2.24. The molecular formula is C9H9N3O. The Bertz CT molecular complexity index is 347. The Morgan fingerprint density at radius 1 is 1.31 bits per heavy atom. The van der Waals surface area contributed by atoms with Crippen molar-refractivity contribution in [3.05, 3.63) is 30.3 Å². The van der Waals surface area contributed by atoms with E-state index >= 15 is 0 Å². The Morgan fingerprint density at radius 3 is 2.54 bits per heavy atom. The van der Waals surface area contributed by atoms with E-state index in [4.69, 9.17) is 5.73 Å².